The third-order valence-electron chi connectivity index (χ3n) is 2.24. The van der Waals surface area contributed by atoms with Crippen LogP contribution in [-0.2, 0) is 4.74 Å². The van der Waals surface area contributed by atoms with E-state index in [1.165, 1.54) is 0 Å². The maximum Gasteiger partial charge on any atom is 0.317 e. The maximum absolute atomic E-state index is 11.1. The standard InChI is InChI=1S/C9H19N3O2/c1-8(7-14-2)10-3-5-12-6-4-11-9(12)13/h8,10H,3-7H2,1-2H3,(H,11,13). The fourth-order valence-corrected chi connectivity index (χ4v) is 1.48. The van der Waals surface area contributed by atoms with Gasteiger partial charge in [0, 0.05) is 39.3 Å². The molecule has 1 fully saturated rings. The topological polar surface area (TPSA) is 53.6 Å². The average molecular weight is 201 g/mol. The molecular formula is C9H19N3O2. The molecule has 0 spiro atoms. The summed E-state index contributed by atoms with van der Waals surface area (Å²) in [6.07, 6.45) is 0. The maximum atomic E-state index is 11.1. The highest BCUT2D eigenvalue weighted by atomic mass is 16.5. The number of carbonyl (C=O) groups excluding carboxylic acids is 1. The minimum absolute atomic E-state index is 0.0474. The molecule has 0 bridgehead atoms. The van der Waals surface area contributed by atoms with Crippen molar-refractivity contribution in [1.29, 1.82) is 0 Å². The molecule has 82 valence electrons. The molecule has 14 heavy (non-hydrogen) atoms. The van der Waals surface area contributed by atoms with E-state index in [4.69, 9.17) is 4.74 Å². The number of urea groups is 1. The van der Waals surface area contributed by atoms with Crippen molar-refractivity contribution >= 4 is 6.03 Å². The van der Waals surface area contributed by atoms with Crippen molar-refractivity contribution < 1.29 is 9.53 Å². The monoisotopic (exact) mass is 201 g/mol. The van der Waals surface area contributed by atoms with Crippen LogP contribution >= 0.6 is 0 Å². The van der Waals surface area contributed by atoms with Gasteiger partial charge < -0.3 is 20.3 Å². The van der Waals surface area contributed by atoms with E-state index in [2.05, 4.69) is 17.6 Å². The summed E-state index contributed by atoms with van der Waals surface area (Å²) in [5.41, 5.74) is 0. The second kappa shape index (κ2) is 5.82. The minimum Gasteiger partial charge on any atom is -0.383 e. The van der Waals surface area contributed by atoms with Crippen LogP contribution in [0.2, 0.25) is 0 Å². The summed E-state index contributed by atoms with van der Waals surface area (Å²) in [4.78, 5) is 13.0. The van der Waals surface area contributed by atoms with E-state index in [0.29, 0.717) is 12.6 Å². The summed E-state index contributed by atoms with van der Waals surface area (Å²) < 4.78 is 4.99. The van der Waals surface area contributed by atoms with Crippen molar-refractivity contribution in [2.45, 2.75) is 13.0 Å². The summed E-state index contributed by atoms with van der Waals surface area (Å²) >= 11 is 0. The first-order valence-electron chi connectivity index (χ1n) is 4.99. The smallest absolute Gasteiger partial charge is 0.317 e. The molecule has 1 rings (SSSR count). The SMILES string of the molecule is COCC(C)NCCN1CCNC1=O. The number of hydrogen-bond donors (Lipinski definition) is 2. The summed E-state index contributed by atoms with van der Waals surface area (Å²) in [6.45, 7) is 5.93. The highest BCUT2D eigenvalue weighted by Gasteiger charge is 2.18. The zero-order chi connectivity index (χ0) is 10.4. The van der Waals surface area contributed by atoms with Crippen molar-refractivity contribution in [1.82, 2.24) is 15.5 Å². The number of methoxy groups -OCH3 is 1. The molecule has 2 amide bonds. The summed E-state index contributed by atoms with van der Waals surface area (Å²) in [6, 6.07) is 0.386. The van der Waals surface area contributed by atoms with Crippen LogP contribution in [0.5, 0.6) is 0 Å². The summed E-state index contributed by atoms with van der Waals surface area (Å²) in [7, 11) is 1.69. The number of hydrogen-bond acceptors (Lipinski definition) is 3. The molecule has 0 saturated carbocycles. The Labute approximate surface area is 84.8 Å². The Bertz CT molecular complexity index is 187. The molecule has 1 aliphatic rings. The molecule has 5 heteroatoms. The van der Waals surface area contributed by atoms with Crippen LogP contribution in [0.25, 0.3) is 0 Å². The Morgan fingerprint density at radius 2 is 2.50 bits per heavy atom. The van der Waals surface area contributed by atoms with Gasteiger partial charge in [-0.2, -0.15) is 0 Å². The summed E-state index contributed by atoms with van der Waals surface area (Å²) in [5, 5.41) is 6.05. The van der Waals surface area contributed by atoms with Crippen molar-refractivity contribution in [3.05, 3.63) is 0 Å². The molecule has 1 unspecified atom stereocenters. The number of nitrogens with zero attached hydrogens (tertiary/aromatic N) is 1. The Kier molecular flexibility index (Phi) is 4.69. The van der Waals surface area contributed by atoms with E-state index >= 15 is 0 Å². The normalized spacial score (nSPS) is 18.4. The van der Waals surface area contributed by atoms with Crippen LogP contribution in [0.4, 0.5) is 4.79 Å². The van der Waals surface area contributed by atoms with E-state index < -0.39 is 0 Å². The second-order valence-corrected chi connectivity index (χ2v) is 3.53. The number of carbonyl (C=O) groups is 1. The van der Waals surface area contributed by atoms with Gasteiger partial charge in [0.2, 0.25) is 0 Å². The lowest BCUT2D eigenvalue weighted by Gasteiger charge is -2.17. The van der Waals surface area contributed by atoms with Gasteiger partial charge in [0.25, 0.3) is 0 Å². The predicted molar refractivity (Wildman–Crippen MR) is 54.3 cm³/mol. The van der Waals surface area contributed by atoms with Gasteiger partial charge in [0.1, 0.15) is 0 Å². The van der Waals surface area contributed by atoms with Gasteiger partial charge in [-0.05, 0) is 6.92 Å². The molecule has 2 N–H and O–H groups in total. The first kappa shape index (κ1) is 11.3. The largest absolute Gasteiger partial charge is 0.383 e. The third kappa shape index (κ3) is 3.51. The summed E-state index contributed by atoms with van der Waals surface area (Å²) in [5.74, 6) is 0. The van der Waals surface area contributed by atoms with Gasteiger partial charge in [0.15, 0.2) is 0 Å². The zero-order valence-corrected chi connectivity index (χ0v) is 8.88. The van der Waals surface area contributed by atoms with E-state index in [9.17, 15) is 4.79 Å². The van der Waals surface area contributed by atoms with Gasteiger partial charge in [-0.25, -0.2) is 4.79 Å². The van der Waals surface area contributed by atoms with Crippen molar-refractivity contribution in [2.24, 2.45) is 0 Å². The number of ether oxygens (including phenoxy) is 1. The number of nitrogens with one attached hydrogen (secondary N) is 2. The molecule has 5 nitrogen and oxygen atoms in total. The fraction of sp³-hybridized carbons (Fsp3) is 0.889. The molecule has 0 aromatic rings. The molecule has 1 atom stereocenters. The van der Waals surface area contributed by atoms with E-state index in [1.54, 1.807) is 7.11 Å². The highest BCUT2D eigenvalue weighted by Crippen LogP contribution is 1.94. The number of rotatable bonds is 6. The predicted octanol–water partition coefficient (Wildman–Crippen LogP) is -0.364. The van der Waals surface area contributed by atoms with Crippen LogP contribution in [0.15, 0.2) is 0 Å². The Morgan fingerprint density at radius 1 is 1.71 bits per heavy atom. The first-order valence-corrected chi connectivity index (χ1v) is 4.99. The van der Waals surface area contributed by atoms with Crippen LogP contribution < -0.4 is 10.6 Å². The highest BCUT2D eigenvalue weighted by molar-refractivity contribution is 5.76. The third-order valence-corrected chi connectivity index (χ3v) is 2.24. The molecule has 0 radical (unpaired) electrons. The Hall–Kier alpha value is -0.810. The average Bonchev–Trinajstić information content (AvgIpc) is 2.52. The Morgan fingerprint density at radius 3 is 3.07 bits per heavy atom. The molecule has 0 aromatic carbocycles. The van der Waals surface area contributed by atoms with Gasteiger partial charge >= 0.3 is 6.03 Å². The first-order chi connectivity index (χ1) is 6.74. The number of amides is 2. The van der Waals surface area contributed by atoms with E-state index in [1.807, 2.05) is 4.90 Å². The molecule has 1 heterocycles. The molecule has 1 saturated heterocycles. The fourth-order valence-electron chi connectivity index (χ4n) is 1.48. The lowest BCUT2D eigenvalue weighted by molar-refractivity contribution is 0.170. The van der Waals surface area contributed by atoms with Gasteiger partial charge in [-0.3, -0.25) is 0 Å². The van der Waals surface area contributed by atoms with Gasteiger partial charge in [0.05, 0.1) is 6.61 Å². The Balaban J connectivity index is 2.05. The molecule has 0 aliphatic carbocycles. The zero-order valence-electron chi connectivity index (χ0n) is 8.88. The molecular weight excluding hydrogens is 182 g/mol. The van der Waals surface area contributed by atoms with Crippen molar-refractivity contribution in [3.63, 3.8) is 0 Å². The van der Waals surface area contributed by atoms with Crippen molar-refractivity contribution in [2.75, 3.05) is 39.9 Å². The van der Waals surface area contributed by atoms with Crippen LogP contribution in [0.1, 0.15) is 6.92 Å². The van der Waals surface area contributed by atoms with E-state index in [-0.39, 0.29) is 6.03 Å². The lowest BCUT2D eigenvalue weighted by atomic mass is 10.3. The second-order valence-electron chi connectivity index (χ2n) is 3.53. The van der Waals surface area contributed by atoms with Crippen molar-refractivity contribution in [3.8, 4) is 0 Å². The van der Waals surface area contributed by atoms with Gasteiger partial charge in [-0.1, -0.05) is 0 Å². The molecule has 0 aromatic heterocycles. The van der Waals surface area contributed by atoms with Gasteiger partial charge in [-0.15, -0.1) is 0 Å². The van der Waals surface area contributed by atoms with Crippen LogP contribution in [0.3, 0.4) is 0 Å². The van der Waals surface area contributed by atoms with E-state index in [0.717, 1.165) is 26.2 Å². The molecule has 1 aliphatic heterocycles. The lowest BCUT2D eigenvalue weighted by Crippen LogP contribution is -2.39. The van der Waals surface area contributed by atoms with Crippen LogP contribution in [0, 0.1) is 0 Å². The minimum atomic E-state index is 0.0474. The quantitative estimate of drug-likeness (QED) is 0.617. The van der Waals surface area contributed by atoms with Crippen LogP contribution in [-0.4, -0.2) is 56.9 Å².